The Balaban J connectivity index is 2.55. The molecule has 1 unspecified atom stereocenters. The van der Waals surface area contributed by atoms with Gasteiger partial charge in [0, 0.05) is 13.1 Å². The average molecular weight is 293 g/mol. The van der Waals surface area contributed by atoms with Gasteiger partial charge in [-0.25, -0.2) is 13.1 Å². The van der Waals surface area contributed by atoms with Crippen LogP contribution in [0.25, 0.3) is 0 Å². The predicted octanol–water partition coefficient (Wildman–Crippen LogP) is -0.407. The molecular formula is C10H19N3O3S2. The molecule has 18 heavy (non-hydrogen) atoms. The highest BCUT2D eigenvalue weighted by Gasteiger charge is 2.27. The van der Waals surface area contributed by atoms with E-state index in [1.807, 2.05) is 0 Å². The molecule has 6 nitrogen and oxygen atoms in total. The van der Waals surface area contributed by atoms with Crippen LogP contribution in [0.4, 0.5) is 0 Å². The van der Waals surface area contributed by atoms with E-state index in [2.05, 4.69) is 4.72 Å². The van der Waals surface area contributed by atoms with Gasteiger partial charge in [-0.2, -0.15) is 0 Å². The summed E-state index contributed by atoms with van der Waals surface area (Å²) >= 11 is 4.71. The molecule has 0 aliphatic carbocycles. The Hall–Kier alpha value is -0.730. The maximum Gasteiger partial charge on any atom is 0.237 e. The maximum atomic E-state index is 11.9. The standard InChI is InChI=1S/C10H19N3O3S2/c1-2-8(10(11)17)18(15,16)12-7-9(14)13-5-3-4-6-13/h8,12H,2-7H2,1H3,(H2,11,17). The molecule has 1 atom stereocenters. The normalized spacial score (nSPS) is 17.7. The maximum absolute atomic E-state index is 11.9. The molecule has 1 aliphatic heterocycles. The summed E-state index contributed by atoms with van der Waals surface area (Å²) in [5.41, 5.74) is 5.38. The highest BCUT2D eigenvalue weighted by Crippen LogP contribution is 2.08. The Labute approximate surface area is 113 Å². The van der Waals surface area contributed by atoms with Gasteiger partial charge in [-0.3, -0.25) is 4.79 Å². The molecule has 1 heterocycles. The number of hydrogen-bond donors (Lipinski definition) is 2. The quantitative estimate of drug-likeness (QED) is 0.650. The lowest BCUT2D eigenvalue weighted by Crippen LogP contribution is -2.45. The number of nitrogens with zero attached hydrogens (tertiary/aromatic N) is 1. The summed E-state index contributed by atoms with van der Waals surface area (Å²) in [7, 11) is -3.66. The number of likely N-dealkylation sites (tertiary alicyclic amines) is 1. The molecule has 1 aliphatic rings. The number of hydrogen-bond acceptors (Lipinski definition) is 4. The van der Waals surface area contributed by atoms with Crippen molar-refractivity contribution in [3.63, 3.8) is 0 Å². The second kappa shape index (κ2) is 6.44. The summed E-state index contributed by atoms with van der Waals surface area (Å²) in [4.78, 5) is 13.3. The second-order valence-corrected chi connectivity index (χ2v) is 6.67. The van der Waals surface area contributed by atoms with Crippen molar-refractivity contribution in [2.75, 3.05) is 19.6 Å². The van der Waals surface area contributed by atoms with E-state index in [4.69, 9.17) is 18.0 Å². The summed E-state index contributed by atoms with van der Waals surface area (Å²) in [6.45, 7) is 2.87. The summed E-state index contributed by atoms with van der Waals surface area (Å²) in [5, 5.41) is -0.918. The van der Waals surface area contributed by atoms with Crippen LogP contribution in [0.3, 0.4) is 0 Å². The van der Waals surface area contributed by atoms with Gasteiger partial charge in [0.15, 0.2) is 0 Å². The van der Waals surface area contributed by atoms with Crippen molar-refractivity contribution in [3.8, 4) is 0 Å². The fraction of sp³-hybridized carbons (Fsp3) is 0.800. The van der Waals surface area contributed by atoms with Crippen LogP contribution >= 0.6 is 12.2 Å². The minimum absolute atomic E-state index is 0.0707. The van der Waals surface area contributed by atoms with Gasteiger partial charge in [0.05, 0.1) is 11.5 Å². The van der Waals surface area contributed by atoms with Gasteiger partial charge >= 0.3 is 0 Å². The molecule has 0 saturated carbocycles. The molecule has 0 radical (unpaired) electrons. The number of carbonyl (C=O) groups excluding carboxylic acids is 1. The van der Waals surface area contributed by atoms with E-state index in [9.17, 15) is 13.2 Å². The zero-order valence-electron chi connectivity index (χ0n) is 10.4. The first kappa shape index (κ1) is 15.3. The summed E-state index contributed by atoms with van der Waals surface area (Å²) in [6, 6.07) is 0. The first-order valence-electron chi connectivity index (χ1n) is 5.94. The molecular weight excluding hydrogens is 274 g/mol. The van der Waals surface area contributed by atoms with Gasteiger partial charge in [0.25, 0.3) is 0 Å². The van der Waals surface area contributed by atoms with Gasteiger partial charge in [0.1, 0.15) is 5.25 Å². The third kappa shape index (κ3) is 3.89. The van der Waals surface area contributed by atoms with Gasteiger partial charge < -0.3 is 10.6 Å². The lowest BCUT2D eigenvalue weighted by atomic mass is 10.3. The molecule has 1 saturated heterocycles. The minimum atomic E-state index is -3.66. The number of carbonyl (C=O) groups is 1. The molecule has 8 heteroatoms. The van der Waals surface area contributed by atoms with E-state index in [1.165, 1.54) is 0 Å². The molecule has 0 bridgehead atoms. The fourth-order valence-corrected chi connectivity index (χ4v) is 3.73. The van der Waals surface area contributed by atoms with E-state index in [0.29, 0.717) is 19.5 Å². The van der Waals surface area contributed by atoms with Crippen molar-refractivity contribution >= 4 is 33.1 Å². The zero-order valence-corrected chi connectivity index (χ0v) is 12.0. The molecule has 1 fully saturated rings. The number of amides is 1. The Morgan fingerprint density at radius 1 is 1.44 bits per heavy atom. The smallest absolute Gasteiger partial charge is 0.237 e. The lowest BCUT2D eigenvalue weighted by molar-refractivity contribution is -0.128. The average Bonchev–Trinajstić information content (AvgIpc) is 2.79. The molecule has 0 spiro atoms. The van der Waals surface area contributed by atoms with Gasteiger partial charge in [-0.1, -0.05) is 19.1 Å². The lowest BCUT2D eigenvalue weighted by Gasteiger charge is -2.18. The zero-order chi connectivity index (χ0) is 13.8. The van der Waals surface area contributed by atoms with Crippen molar-refractivity contribution in [1.29, 1.82) is 0 Å². The van der Waals surface area contributed by atoms with Gasteiger partial charge in [-0.05, 0) is 19.3 Å². The number of sulfonamides is 1. The molecule has 104 valence electrons. The summed E-state index contributed by atoms with van der Waals surface area (Å²) < 4.78 is 26.0. The van der Waals surface area contributed by atoms with Crippen molar-refractivity contribution in [1.82, 2.24) is 9.62 Å². The third-order valence-electron chi connectivity index (χ3n) is 2.95. The van der Waals surface area contributed by atoms with Crippen LogP contribution in [0.1, 0.15) is 26.2 Å². The SMILES string of the molecule is CCC(C(N)=S)S(=O)(=O)NCC(=O)N1CCCC1. The summed E-state index contributed by atoms with van der Waals surface area (Å²) in [5.74, 6) is -0.200. The van der Waals surface area contributed by atoms with E-state index in [1.54, 1.807) is 11.8 Å². The first-order valence-corrected chi connectivity index (χ1v) is 7.89. The second-order valence-electron chi connectivity index (χ2n) is 4.25. The Bertz CT molecular complexity index is 416. The highest BCUT2D eigenvalue weighted by molar-refractivity contribution is 7.93. The number of thiocarbonyl (C=S) groups is 1. The fourth-order valence-electron chi connectivity index (χ4n) is 1.91. The van der Waals surface area contributed by atoms with Crippen molar-refractivity contribution in [3.05, 3.63) is 0 Å². The van der Waals surface area contributed by atoms with Gasteiger partial charge in [0.2, 0.25) is 15.9 Å². The van der Waals surface area contributed by atoms with Crippen LogP contribution in [-0.2, 0) is 14.8 Å². The van der Waals surface area contributed by atoms with Crippen LogP contribution < -0.4 is 10.5 Å². The molecule has 0 aromatic carbocycles. The molecule has 0 aromatic heterocycles. The van der Waals surface area contributed by atoms with Crippen LogP contribution in [0.2, 0.25) is 0 Å². The van der Waals surface area contributed by atoms with E-state index >= 15 is 0 Å². The Kier molecular flexibility index (Phi) is 5.48. The van der Waals surface area contributed by atoms with Crippen LogP contribution in [0.15, 0.2) is 0 Å². The Morgan fingerprint density at radius 3 is 2.44 bits per heavy atom. The van der Waals surface area contributed by atoms with E-state index < -0.39 is 15.3 Å². The Morgan fingerprint density at radius 2 is 2.00 bits per heavy atom. The number of rotatable bonds is 6. The van der Waals surface area contributed by atoms with E-state index in [-0.39, 0.29) is 17.4 Å². The largest absolute Gasteiger partial charge is 0.392 e. The van der Waals surface area contributed by atoms with Crippen LogP contribution in [0.5, 0.6) is 0 Å². The molecule has 1 amide bonds. The monoisotopic (exact) mass is 293 g/mol. The van der Waals surface area contributed by atoms with Crippen molar-refractivity contribution in [2.45, 2.75) is 31.4 Å². The van der Waals surface area contributed by atoms with Gasteiger partial charge in [-0.15, -0.1) is 0 Å². The first-order chi connectivity index (χ1) is 8.38. The topological polar surface area (TPSA) is 92.5 Å². The van der Waals surface area contributed by atoms with Crippen molar-refractivity contribution in [2.24, 2.45) is 5.73 Å². The minimum Gasteiger partial charge on any atom is -0.392 e. The molecule has 0 aromatic rings. The van der Waals surface area contributed by atoms with Crippen LogP contribution in [0, 0.1) is 0 Å². The molecule has 3 N–H and O–H groups in total. The highest BCUT2D eigenvalue weighted by atomic mass is 32.2. The third-order valence-corrected chi connectivity index (χ3v) is 5.26. The number of nitrogens with one attached hydrogen (secondary N) is 1. The summed E-state index contributed by atoms with van der Waals surface area (Å²) in [6.07, 6.45) is 2.24. The predicted molar refractivity (Wildman–Crippen MR) is 73.6 cm³/mol. The molecule has 1 rings (SSSR count). The van der Waals surface area contributed by atoms with Crippen LogP contribution in [-0.4, -0.2) is 49.1 Å². The van der Waals surface area contributed by atoms with Crippen molar-refractivity contribution < 1.29 is 13.2 Å². The number of nitrogens with two attached hydrogens (primary N) is 1. The van der Waals surface area contributed by atoms with E-state index in [0.717, 1.165) is 12.8 Å².